The zero-order valence-electron chi connectivity index (χ0n) is 22.6. The summed E-state index contributed by atoms with van der Waals surface area (Å²) in [6.07, 6.45) is -5.43. The Kier molecular flexibility index (Phi) is 9.56. The summed E-state index contributed by atoms with van der Waals surface area (Å²) in [7, 11) is 0. The lowest BCUT2D eigenvalue weighted by atomic mass is 9.81. The molecule has 5 rings (SSSR count). The van der Waals surface area contributed by atoms with Crippen molar-refractivity contribution in [1.82, 2.24) is 0 Å². The van der Waals surface area contributed by atoms with Crippen molar-refractivity contribution in [3.63, 3.8) is 0 Å². The van der Waals surface area contributed by atoms with E-state index in [1.54, 1.807) is 0 Å². The normalized spacial score (nSPS) is 24.0. The molecule has 0 aliphatic carbocycles. The Balaban J connectivity index is 1.52. The number of carbonyl (C=O) groups is 1. The molecule has 1 heterocycles. The van der Waals surface area contributed by atoms with E-state index < -0.39 is 36.2 Å². The highest BCUT2D eigenvalue weighted by Crippen LogP contribution is 2.38. The Morgan fingerprint density at radius 2 is 1.07 bits per heavy atom. The van der Waals surface area contributed by atoms with Crippen LogP contribution >= 0.6 is 0 Å². The van der Waals surface area contributed by atoms with Gasteiger partial charge in [0, 0.05) is 6.42 Å². The first-order chi connectivity index (χ1) is 20.0. The van der Waals surface area contributed by atoms with Crippen molar-refractivity contribution in [2.75, 3.05) is 0 Å². The van der Waals surface area contributed by atoms with Crippen LogP contribution in [0, 0.1) is 0 Å². The summed E-state index contributed by atoms with van der Waals surface area (Å²) in [5.74, 6) is -0.720. The molecule has 5 atom stereocenters. The van der Waals surface area contributed by atoms with Gasteiger partial charge in [-0.05, 0) is 22.3 Å². The molecule has 7 heteroatoms. The maximum absolute atomic E-state index is 14.1. The molecule has 41 heavy (non-hydrogen) atoms. The lowest BCUT2D eigenvalue weighted by Crippen LogP contribution is -2.69. The van der Waals surface area contributed by atoms with Crippen LogP contribution in [0.5, 0.6) is 0 Å². The summed E-state index contributed by atoms with van der Waals surface area (Å²) in [5.41, 5.74) is 1.46. The number of aliphatic hydroxyl groups excluding tert-OH is 2. The largest absolute Gasteiger partial charge is 0.459 e. The van der Waals surface area contributed by atoms with Crippen LogP contribution in [0.15, 0.2) is 121 Å². The number of ether oxygens (including phenoxy) is 4. The van der Waals surface area contributed by atoms with Crippen molar-refractivity contribution in [3.8, 4) is 0 Å². The highest BCUT2D eigenvalue weighted by molar-refractivity contribution is 5.81. The van der Waals surface area contributed by atoms with Crippen LogP contribution in [-0.2, 0) is 50.0 Å². The Bertz CT molecular complexity index is 1350. The first-order valence-corrected chi connectivity index (χ1v) is 13.7. The van der Waals surface area contributed by atoms with Crippen molar-refractivity contribution in [1.29, 1.82) is 0 Å². The minimum atomic E-state index is -1.83. The molecule has 0 spiro atoms. The van der Waals surface area contributed by atoms with Gasteiger partial charge in [-0.3, -0.25) is 0 Å². The first-order valence-electron chi connectivity index (χ1n) is 13.7. The minimum Gasteiger partial charge on any atom is -0.459 e. The highest BCUT2D eigenvalue weighted by atomic mass is 16.7. The third kappa shape index (κ3) is 7.08. The number of aliphatic hydroxyl groups is 2. The van der Waals surface area contributed by atoms with Crippen molar-refractivity contribution >= 4 is 5.97 Å². The number of hydrogen-bond acceptors (Lipinski definition) is 7. The van der Waals surface area contributed by atoms with Crippen molar-refractivity contribution < 1.29 is 34.0 Å². The molecule has 1 aliphatic rings. The first kappa shape index (κ1) is 28.7. The fraction of sp³-hybridized carbons (Fsp3) is 0.265. The second-order valence-corrected chi connectivity index (χ2v) is 10.1. The molecule has 4 aromatic carbocycles. The van der Waals surface area contributed by atoms with E-state index in [-0.39, 0.29) is 26.2 Å². The minimum absolute atomic E-state index is 0.000827. The van der Waals surface area contributed by atoms with E-state index in [1.807, 2.05) is 121 Å². The molecule has 0 saturated carbocycles. The lowest BCUT2D eigenvalue weighted by Gasteiger charge is -2.49. The Labute approximate surface area is 239 Å². The standard InChI is InChI=1S/C34H34O7/c35-29-30(38-22-26-15-7-2-8-16-26)31(39-23-27-17-9-3-10-18-27)34(41-32(29)36,21-25-13-5-1-6-14-25)33(37)40-24-28-19-11-4-12-20-28/h1-20,29-32,35-36H,21-24H2/t29-,30-,31+,32-,34+/m1/s1. The molecule has 1 fully saturated rings. The Hall–Kier alpha value is -3.85. The van der Waals surface area contributed by atoms with Crippen LogP contribution in [-0.4, -0.2) is 46.4 Å². The highest BCUT2D eigenvalue weighted by Gasteiger charge is 2.61. The molecule has 1 saturated heterocycles. The molecule has 4 aromatic rings. The van der Waals surface area contributed by atoms with Crippen LogP contribution in [0.25, 0.3) is 0 Å². The van der Waals surface area contributed by atoms with Gasteiger partial charge in [-0.25, -0.2) is 4.79 Å². The summed E-state index contributed by atoms with van der Waals surface area (Å²) >= 11 is 0. The molecular weight excluding hydrogens is 520 g/mol. The molecule has 0 unspecified atom stereocenters. The topological polar surface area (TPSA) is 94.5 Å². The van der Waals surface area contributed by atoms with Crippen LogP contribution in [0.3, 0.4) is 0 Å². The summed E-state index contributed by atoms with van der Waals surface area (Å²) in [6.45, 7) is 0.242. The molecule has 7 nitrogen and oxygen atoms in total. The fourth-order valence-electron chi connectivity index (χ4n) is 5.02. The molecule has 0 aromatic heterocycles. The molecule has 0 amide bonds. The maximum Gasteiger partial charge on any atom is 0.342 e. The van der Waals surface area contributed by atoms with Gasteiger partial charge in [0.1, 0.15) is 24.9 Å². The van der Waals surface area contributed by atoms with Gasteiger partial charge in [0.25, 0.3) is 0 Å². The number of carbonyl (C=O) groups excluding carboxylic acids is 1. The fourth-order valence-corrected chi connectivity index (χ4v) is 5.02. The monoisotopic (exact) mass is 554 g/mol. The molecule has 0 bridgehead atoms. The molecule has 1 aliphatic heterocycles. The zero-order chi connectivity index (χ0) is 28.5. The van der Waals surface area contributed by atoms with E-state index in [9.17, 15) is 15.0 Å². The van der Waals surface area contributed by atoms with Crippen molar-refractivity contribution in [3.05, 3.63) is 144 Å². The SMILES string of the molecule is O=C(OCc1ccccc1)[C@@]1(Cc2ccccc2)O[C@@H](O)[C@H](O)[C@@H](OCc2ccccc2)[C@@H]1OCc1ccccc1. The van der Waals surface area contributed by atoms with Gasteiger partial charge in [-0.1, -0.05) is 121 Å². The number of hydrogen-bond donors (Lipinski definition) is 2. The summed E-state index contributed by atoms with van der Waals surface area (Å²) < 4.78 is 24.5. The third-order valence-electron chi connectivity index (χ3n) is 7.14. The maximum atomic E-state index is 14.1. The predicted molar refractivity (Wildman–Crippen MR) is 152 cm³/mol. The molecule has 212 valence electrons. The molecule has 0 radical (unpaired) electrons. The lowest BCUT2D eigenvalue weighted by molar-refractivity contribution is -0.331. The van der Waals surface area contributed by atoms with Crippen LogP contribution in [0.2, 0.25) is 0 Å². The second-order valence-electron chi connectivity index (χ2n) is 10.1. The van der Waals surface area contributed by atoms with Gasteiger partial charge in [0.2, 0.25) is 5.60 Å². The van der Waals surface area contributed by atoms with Gasteiger partial charge < -0.3 is 29.2 Å². The summed E-state index contributed by atoms with van der Waals surface area (Å²) in [4.78, 5) is 14.1. The second kappa shape index (κ2) is 13.7. The van der Waals surface area contributed by atoms with Crippen molar-refractivity contribution in [2.45, 2.75) is 56.4 Å². The van der Waals surface area contributed by atoms with Gasteiger partial charge in [-0.15, -0.1) is 0 Å². The molecule has 2 N–H and O–H groups in total. The average molecular weight is 555 g/mol. The van der Waals surface area contributed by atoms with E-state index >= 15 is 0 Å². The number of rotatable bonds is 11. The predicted octanol–water partition coefficient (Wildman–Crippen LogP) is 4.59. The smallest absolute Gasteiger partial charge is 0.342 e. The number of esters is 1. The third-order valence-corrected chi connectivity index (χ3v) is 7.14. The number of benzene rings is 4. The van der Waals surface area contributed by atoms with Crippen LogP contribution in [0.4, 0.5) is 0 Å². The average Bonchev–Trinajstić information content (AvgIpc) is 3.02. The van der Waals surface area contributed by atoms with Gasteiger partial charge in [0.15, 0.2) is 6.29 Å². The van der Waals surface area contributed by atoms with E-state index in [0.29, 0.717) is 0 Å². The quantitative estimate of drug-likeness (QED) is 0.262. The van der Waals surface area contributed by atoms with E-state index in [0.717, 1.165) is 22.3 Å². The molecular formula is C34H34O7. The summed E-state index contributed by atoms with van der Waals surface area (Å²) in [6, 6.07) is 37.6. The van der Waals surface area contributed by atoms with E-state index in [2.05, 4.69) is 0 Å². The van der Waals surface area contributed by atoms with Gasteiger partial charge in [-0.2, -0.15) is 0 Å². The van der Waals surface area contributed by atoms with Crippen LogP contribution in [0.1, 0.15) is 22.3 Å². The van der Waals surface area contributed by atoms with Gasteiger partial charge >= 0.3 is 5.97 Å². The Morgan fingerprint density at radius 3 is 1.59 bits per heavy atom. The summed E-state index contributed by atoms with van der Waals surface area (Å²) in [5, 5.41) is 22.1. The van der Waals surface area contributed by atoms with E-state index in [4.69, 9.17) is 18.9 Å². The Morgan fingerprint density at radius 1 is 0.634 bits per heavy atom. The van der Waals surface area contributed by atoms with Crippen LogP contribution < -0.4 is 0 Å². The van der Waals surface area contributed by atoms with E-state index in [1.165, 1.54) is 0 Å². The van der Waals surface area contributed by atoms with Crippen molar-refractivity contribution in [2.24, 2.45) is 0 Å². The zero-order valence-corrected chi connectivity index (χ0v) is 22.6. The van der Waals surface area contributed by atoms with Gasteiger partial charge in [0.05, 0.1) is 13.2 Å².